The number of hydrogen-bond acceptors (Lipinski definition) is 3. The maximum Gasteiger partial charge on any atom is 0.255 e. The van der Waals surface area contributed by atoms with E-state index in [-0.39, 0.29) is 11.7 Å². The predicted molar refractivity (Wildman–Crippen MR) is 106 cm³/mol. The lowest BCUT2D eigenvalue weighted by Crippen LogP contribution is -2.38. The van der Waals surface area contributed by atoms with Crippen LogP contribution in [0.4, 0.5) is 4.39 Å². The number of pyridine rings is 2. The number of nitrogens with zero attached hydrogens (tertiary/aromatic N) is 3. The van der Waals surface area contributed by atoms with Gasteiger partial charge in [-0.25, -0.2) is 4.39 Å². The van der Waals surface area contributed by atoms with Gasteiger partial charge >= 0.3 is 0 Å². The molecule has 28 heavy (non-hydrogen) atoms. The molecule has 5 heteroatoms. The molecule has 0 spiro atoms. The lowest BCUT2D eigenvalue weighted by atomic mass is 9.92. The molecule has 0 N–H and O–H groups in total. The zero-order valence-electron chi connectivity index (χ0n) is 15.6. The van der Waals surface area contributed by atoms with Crippen LogP contribution in [-0.4, -0.2) is 33.9 Å². The molecule has 1 amide bonds. The second kappa shape index (κ2) is 8.30. The van der Waals surface area contributed by atoms with Gasteiger partial charge in [-0.15, -0.1) is 0 Å². The van der Waals surface area contributed by atoms with Crippen molar-refractivity contribution >= 4 is 5.91 Å². The van der Waals surface area contributed by atoms with E-state index in [0.29, 0.717) is 36.6 Å². The van der Waals surface area contributed by atoms with Crippen LogP contribution in [0.15, 0.2) is 67.0 Å². The van der Waals surface area contributed by atoms with Crippen LogP contribution in [0.2, 0.25) is 0 Å². The Morgan fingerprint density at radius 2 is 1.86 bits per heavy atom. The van der Waals surface area contributed by atoms with Crippen LogP contribution >= 0.6 is 0 Å². The molecule has 3 heterocycles. The van der Waals surface area contributed by atoms with Gasteiger partial charge in [0.25, 0.3) is 5.91 Å². The molecular weight excluding hydrogens is 353 g/mol. The van der Waals surface area contributed by atoms with Gasteiger partial charge in [0, 0.05) is 49.2 Å². The Morgan fingerprint density at radius 3 is 2.61 bits per heavy atom. The summed E-state index contributed by atoms with van der Waals surface area (Å²) in [6.45, 7) is 1.41. The first-order chi connectivity index (χ1) is 13.7. The summed E-state index contributed by atoms with van der Waals surface area (Å²) < 4.78 is 13.9. The van der Waals surface area contributed by atoms with Gasteiger partial charge in [0.05, 0.1) is 5.56 Å². The molecule has 4 rings (SSSR count). The Bertz CT molecular complexity index is 953. The van der Waals surface area contributed by atoms with E-state index >= 15 is 0 Å². The SMILES string of the molecule is O=C(c1cccnc1)N1CCC(c2cccc(Cc3ccccc3F)n2)CC1. The number of halogens is 1. The Labute approximate surface area is 164 Å². The number of amides is 1. The maximum atomic E-state index is 13.9. The van der Waals surface area contributed by atoms with Crippen molar-refractivity contribution in [3.05, 3.63) is 95.3 Å². The minimum Gasteiger partial charge on any atom is -0.339 e. The van der Waals surface area contributed by atoms with Gasteiger partial charge in [-0.05, 0) is 48.7 Å². The number of carbonyl (C=O) groups excluding carboxylic acids is 1. The summed E-state index contributed by atoms with van der Waals surface area (Å²) in [6, 6.07) is 16.4. The second-order valence-corrected chi connectivity index (χ2v) is 7.13. The molecule has 1 fully saturated rings. The molecule has 1 aliphatic heterocycles. The number of carbonyl (C=O) groups is 1. The molecule has 0 atom stereocenters. The molecule has 1 aromatic carbocycles. The van der Waals surface area contributed by atoms with E-state index in [9.17, 15) is 9.18 Å². The lowest BCUT2D eigenvalue weighted by Gasteiger charge is -2.32. The van der Waals surface area contributed by atoms with E-state index in [1.54, 1.807) is 36.7 Å². The maximum absolute atomic E-state index is 13.9. The van der Waals surface area contributed by atoms with Crippen molar-refractivity contribution in [1.29, 1.82) is 0 Å². The minimum absolute atomic E-state index is 0.0350. The largest absolute Gasteiger partial charge is 0.339 e. The molecule has 4 nitrogen and oxygen atoms in total. The highest BCUT2D eigenvalue weighted by atomic mass is 19.1. The lowest BCUT2D eigenvalue weighted by molar-refractivity contribution is 0.0711. The monoisotopic (exact) mass is 375 g/mol. The van der Waals surface area contributed by atoms with E-state index in [1.807, 2.05) is 29.2 Å². The van der Waals surface area contributed by atoms with Gasteiger partial charge in [-0.2, -0.15) is 0 Å². The van der Waals surface area contributed by atoms with Crippen LogP contribution in [0.3, 0.4) is 0 Å². The van der Waals surface area contributed by atoms with Gasteiger partial charge in [0.15, 0.2) is 0 Å². The number of aromatic nitrogens is 2. The highest BCUT2D eigenvalue weighted by Gasteiger charge is 2.25. The molecule has 0 radical (unpaired) electrons. The van der Waals surface area contributed by atoms with Crippen molar-refractivity contribution < 1.29 is 9.18 Å². The zero-order chi connectivity index (χ0) is 19.3. The normalized spacial score (nSPS) is 14.8. The third-order valence-corrected chi connectivity index (χ3v) is 5.27. The quantitative estimate of drug-likeness (QED) is 0.686. The fourth-order valence-electron chi connectivity index (χ4n) is 3.71. The van der Waals surface area contributed by atoms with Crippen LogP contribution < -0.4 is 0 Å². The van der Waals surface area contributed by atoms with E-state index in [4.69, 9.17) is 4.98 Å². The second-order valence-electron chi connectivity index (χ2n) is 7.13. The molecule has 0 unspecified atom stereocenters. The Morgan fingerprint density at radius 1 is 1.04 bits per heavy atom. The number of likely N-dealkylation sites (tertiary alicyclic amines) is 1. The topological polar surface area (TPSA) is 46.1 Å². The number of hydrogen-bond donors (Lipinski definition) is 0. The summed E-state index contributed by atoms with van der Waals surface area (Å²) in [5.74, 6) is 0.156. The van der Waals surface area contributed by atoms with Gasteiger partial charge < -0.3 is 4.90 Å². The third-order valence-electron chi connectivity index (χ3n) is 5.27. The number of rotatable bonds is 4. The molecule has 1 aliphatic rings. The first-order valence-corrected chi connectivity index (χ1v) is 9.59. The predicted octanol–water partition coefficient (Wildman–Crippen LogP) is 4.23. The van der Waals surface area contributed by atoms with Crippen LogP contribution in [-0.2, 0) is 6.42 Å². The first kappa shape index (κ1) is 18.3. The van der Waals surface area contributed by atoms with E-state index in [0.717, 1.165) is 24.2 Å². The van der Waals surface area contributed by atoms with Crippen molar-refractivity contribution in [3.63, 3.8) is 0 Å². The van der Waals surface area contributed by atoms with E-state index < -0.39 is 0 Å². The molecule has 2 aromatic heterocycles. The van der Waals surface area contributed by atoms with Crippen molar-refractivity contribution in [2.24, 2.45) is 0 Å². The average molecular weight is 375 g/mol. The van der Waals surface area contributed by atoms with Crippen molar-refractivity contribution in [2.75, 3.05) is 13.1 Å². The average Bonchev–Trinajstić information content (AvgIpc) is 2.76. The molecule has 0 aliphatic carbocycles. The first-order valence-electron chi connectivity index (χ1n) is 9.59. The summed E-state index contributed by atoms with van der Waals surface area (Å²) in [5.41, 5.74) is 3.19. The Kier molecular flexibility index (Phi) is 5.42. The van der Waals surface area contributed by atoms with Gasteiger partial charge in [0.1, 0.15) is 5.82 Å². The minimum atomic E-state index is -0.197. The standard InChI is InChI=1S/C23H22FN3O/c24-21-8-2-1-5-18(21)15-20-7-3-9-22(26-20)17-10-13-27(14-11-17)23(28)19-6-4-12-25-16-19/h1-9,12,16-17H,10-11,13-15H2. The highest BCUT2D eigenvalue weighted by molar-refractivity contribution is 5.93. The number of piperidine rings is 1. The fourth-order valence-corrected chi connectivity index (χ4v) is 3.71. The van der Waals surface area contributed by atoms with Crippen LogP contribution in [0, 0.1) is 5.82 Å². The Balaban J connectivity index is 1.41. The summed E-state index contributed by atoms with van der Waals surface area (Å²) in [7, 11) is 0. The van der Waals surface area contributed by atoms with Crippen LogP contribution in [0.5, 0.6) is 0 Å². The van der Waals surface area contributed by atoms with Gasteiger partial charge in [-0.1, -0.05) is 24.3 Å². The smallest absolute Gasteiger partial charge is 0.255 e. The zero-order valence-corrected chi connectivity index (χ0v) is 15.6. The molecule has 1 saturated heterocycles. The molecule has 3 aromatic rings. The molecule has 0 saturated carbocycles. The summed E-state index contributed by atoms with van der Waals surface area (Å²) >= 11 is 0. The van der Waals surface area contributed by atoms with Crippen LogP contribution in [0.1, 0.15) is 46.1 Å². The van der Waals surface area contributed by atoms with Gasteiger partial charge in [0.2, 0.25) is 0 Å². The van der Waals surface area contributed by atoms with Gasteiger partial charge in [-0.3, -0.25) is 14.8 Å². The summed E-state index contributed by atoms with van der Waals surface area (Å²) in [4.78, 5) is 23.3. The van der Waals surface area contributed by atoms with Crippen LogP contribution in [0.25, 0.3) is 0 Å². The van der Waals surface area contributed by atoms with Crippen molar-refractivity contribution in [3.8, 4) is 0 Å². The van der Waals surface area contributed by atoms with Crippen molar-refractivity contribution in [1.82, 2.24) is 14.9 Å². The third kappa shape index (κ3) is 4.09. The van der Waals surface area contributed by atoms with Crippen molar-refractivity contribution in [2.45, 2.75) is 25.2 Å². The summed E-state index contributed by atoms with van der Waals surface area (Å²) in [5, 5.41) is 0. The van der Waals surface area contributed by atoms with E-state index in [1.165, 1.54) is 6.07 Å². The highest BCUT2D eigenvalue weighted by Crippen LogP contribution is 2.28. The molecular formula is C23H22FN3O. The van der Waals surface area contributed by atoms with E-state index in [2.05, 4.69) is 4.98 Å². The molecule has 0 bridgehead atoms. The number of benzene rings is 1. The Hall–Kier alpha value is -3.08. The summed E-state index contributed by atoms with van der Waals surface area (Å²) in [6.07, 6.45) is 5.52. The molecule has 142 valence electrons. The fraction of sp³-hybridized carbons (Fsp3) is 0.261.